The summed E-state index contributed by atoms with van der Waals surface area (Å²) in [6.07, 6.45) is 2.46. The van der Waals surface area contributed by atoms with E-state index in [1.807, 2.05) is 13.0 Å². The van der Waals surface area contributed by atoms with Crippen LogP contribution in [0.2, 0.25) is 0 Å². The summed E-state index contributed by atoms with van der Waals surface area (Å²) in [6, 6.07) is 6.21. The molecule has 1 fully saturated rings. The zero-order chi connectivity index (χ0) is 14.5. The first-order valence-corrected chi connectivity index (χ1v) is 7.17. The van der Waals surface area contributed by atoms with Crippen LogP contribution in [0.15, 0.2) is 18.3 Å². The minimum Gasteiger partial charge on any atom is -0.392 e. The van der Waals surface area contributed by atoms with Gasteiger partial charge < -0.3 is 10.0 Å². The Kier molecular flexibility index (Phi) is 4.94. The molecule has 5 nitrogen and oxygen atoms in total. The van der Waals surface area contributed by atoms with Crippen LogP contribution in [0, 0.1) is 11.3 Å². The number of aliphatic hydroxyl groups is 1. The van der Waals surface area contributed by atoms with Gasteiger partial charge in [0.1, 0.15) is 11.9 Å². The van der Waals surface area contributed by atoms with E-state index in [1.165, 1.54) is 0 Å². The first kappa shape index (κ1) is 14.8. The van der Waals surface area contributed by atoms with Gasteiger partial charge in [0.05, 0.1) is 11.7 Å². The summed E-state index contributed by atoms with van der Waals surface area (Å²) in [5.74, 6) is 0.783. The summed E-state index contributed by atoms with van der Waals surface area (Å²) in [4.78, 5) is 8.88. The molecule has 2 rings (SSSR count). The van der Waals surface area contributed by atoms with Crippen molar-refractivity contribution in [2.45, 2.75) is 32.4 Å². The Morgan fingerprint density at radius 3 is 3.00 bits per heavy atom. The largest absolute Gasteiger partial charge is 0.392 e. The summed E-state index contributed by atoms with van der Waals surface area (Å²) in [5, 5.41) is 18.8. The first-order valence-electron chi connectivity index (χ1n) is 7.17. The van der Waals surface area contributed by atoms with Crippen molar-refractivity contribution in [2.75, 3.05) is 31.1 Å². The molecule has 0 amide bonds. The number of nitrogens with zero attached hydrogens (tertiary/aromatic N) is 4. The molecule has 2 heterocycles. The number of piperazine rings is 1. The molecule has 108 valence electrons. The molecule has 0 aliphatic carbocycles. The smallest absolute Gasteiger partial charge is 0.146 e. The van der Waals surface area contributed by atoms with Crippen LogP contribution in [0.4, 0.5) is 5.82 Å². The van der Waals surface area contributed by atoms with Crippen molar-refractivity contribution in [3.8, 4) is 6.07 Å². The normalized spacial score (nSPS) is 21.5. The van der Waals surface area contributed by atoms with Gasteiger partial charge in [0.25, 0.3) is 0 Å². The lowest BCUT2D eigenvalue weighted by molar-refractivity contribution is 0.0884. The van der Waals surface area contributed by atoms with Gasteiger partial charge in [-0.1, -0.05) is 6.92 Å². The predicted octanol–water partition coefficient (Wildman–Crippen LogP) is 1.23. The Hall–Kier alpha value is -1.64. The van der Waals surface area contributed by atoms with Crippen LogP contribution >= 0.6 is 0 Å². The average Bonchev–Trinajstić information content (AvgIpc) is 2.47. The SMILES string of the molecule is CC[C@@H]1CN(c2ncccc2C#N)CCN1C[C@H](C)O. The summed E-state index contributed by atoms with van der Waals surface area (Å²) in [7, 11) is 0. The van der Waals surface area contributed by atoms with Gasteiger partial charge >= 0.3 is 0 Å². The van der Waals surface area contributed by atoms with Gasteiger partial charge in [-0.3, -0.25) is 4.90 Å². The zero-order valence-corrected chi connectivity index (χ0v) is 12.2. The fourth-order valence-corrected chi connectivity index (χ4v) is 2.79. The number of nitriles is 1. The molecule has 1 aliphatic heterocycles. The monoisotopic (exact) mass is 274 g/mol. The molecule has 1 saturated heterocycles. The lowest BCUT2D eigenvalue weighted by atomic mass is 10.1. The number of β-amino-alcohol motifs (C(OH)–C–C–N with tert-alkyl or cyclic N) is 1. The second-order valence-corrected chi connectivity index (χ2v) is 5.34. The van der Waals surface area contributed by atoms with E-state index in [9.17, 15) is 10.4 Å². The summed E-state index contributed by atoms with van der Waals surface area (Å²) >= 11 is 0. The van der Waals surface area contributed by atoms with Crippen molar-refractivity contribution in [1.29, 1.82) is 5.26 Å². The number of pyridine rings is 1. The van der Waals surface area contributed by atoms with Crippen LogP contribution in [-0.2, 0) is 0 Å². The fraction of sp³-hybridized carbons (Fsp3) is 0.600. The molecular weight excluding hydrogens is 252 g/mol. The van der Waals surface area contributed by atoms with Crippen LogP contribution in [0.5, 0.6) is 0 Å². The van der Waals surface area contributed by atoms with Crippen molar-refractivity contribution >= 4 is 5.82 Å². The van der Waals surface area contributed by atoms with Gasteiger partial charge in [0.2, 0.25) is 0 Å². The maximum atomic E-state index is 9.57. The highest BCUT2D eigenvalue weighted by atomic mass is 16.3. The molecule has 0 saturated carbocycles. The number of hydrogen-bond donors (Lipinski definition) is 1. The van der Waals surface area contributed by atoms with E-state index in [1.54, 1.807) is 12.3 Å². The molecule has 0 bridgehead atoms. The number of rotatable bonds is 4. The third-order valence-corrected chi connectivity index (χ3v) is 3.78. The van der Waals surface area contributed by atoms with Crippen LogP contribution in [0.1, 0.15) is 25.8 Å². The Labute approximate surface area is 120 Å². The second kappa shape index (κ2) is 6.69. The van der Waals surface area contributed by atoms with E-state index in [0.29, 0.717) is 18.2 Å². The maximum absolute atomic E-state index is 9.57. The van der Waals surface area contributed by atoms with Crippen LogP contribution in [0.3, 0.4) is 0 Å². The number of hydrogen-bond acceptors (Lipinski definition) is 5. The molecule has 1 aliphatic rings. The summed E-state index contributed by atoms with van der Waals surface area (Å²) in [5.41, 5.74) is 0.631. The molecule has 1 N–H and O–H groups in total. The molecule has 5 heteroatoms. The number of aliphatic hydroxyl groups excluding tert-OH is 1. The Bertz CT molecular complexity index is 483. The topological polar surface area (TPSA) is 63.4 Å². The Morgan fingerprint density at radius 2 is 2.35 bits per heavy atom. The van der Waals surface area contributed by atoms with Crippen molar-refractivity contribution in [3.63, 3.8) is 0 Å². The summed E-state index contributed by atoms with van der Waals surface area (Å²) in [6.45, 7) is 7.28. The molecule has 1 aromatic heterocycles. The van der Waals surface area contributed by atoms with Gasteiger partial charge in [-0.25, -0.2) is 4.98 Å². The van der Waals surface area contributed by atoms with E-state index in [2.05, 4.69) is 27.8 Å². The summed E-state index contributed by atoms with van der Waals surface area (Å²) < 4.78 is 0. The number of aromatic nitrogens is 1. The molecule has 2 atom stereocenters. The molecule has 0 unspecified atom stereocenters. The number of anilines is 1. The van der Waals surface area contributed by atoms with Crippen molar-refractivity contribution in [3.05, 3.63) is 23.9 Å². The van der Waals surface area contributed by atoms with Crippen molar-refractivity contribution in [2.24, 2.45) is 0 Å². The van der Waals surface area contributed by atoms with Gasteiger partial charge in [0, 0.05) is 38.4 Å². The molecule has 0 radical (unpaired) electrons. The third-order valence-electron chi connectivity index (χ3n) is 3.78. The quantitative estimate of drug-likeness (QED) is 0.895. The van der Waals surface area contributed by atoms with E-state index in [4.69, 9.17) is 0 Å². The highest BCUT2D eigenvalue weighted by Gasteiger charge is 2.27. The highest BCUT2D eigenvalue weighted by Crippen LogP contribution is 2.21. The Balaban J connectivity index is 2.12. The van der Waals surface area contributed by atoms with Gasteiger partial charge in [-0.05, 0) is 25.5 Å². The van der Waals surface area contributed by atoms with Crippen molar-refractivity contribution < 1.29 is 5.11 Å². The van der Waals surface area contributed by atoms with E-state index >= 15 is 0 Å². The molecular formula is C15H22N4O. The lowest BCUT2D eigenvalue weighted by Crippen LogP contribution is -2.54. The Morgan fingerprint density at radius 1 is 1.55 bits per heavy atom. The van der Waals surface area contributed by atoms with E-state index in [-0.39, 0.29) is 6.10 Å². The van der Waals surface area contributed by atoms with Crippen molar-refractivity contribution in [1.82, 2.24) is 9.88 Å². The minimum atomic E-state index is -0.305. The van der Waals surface area contributed by atoms with Crippen LogP contribution in [-0.4, -0.2) is 53.3 Å². The second-order valence-electron chi connectivity index (χ2n) is 5.34. The molecule has 20 heavy (non-hydrogen) atoms. The predicted molar refractivity (Wildman–Crippen MR) is 78.5 cm³/mol. The van der Waals surface area contributed by atoms with Crippen LogP contribution in [0.25, 0.3) is 0 Å². The lowest BCUT2D eigenvalue weighted by Gasteiger charge is -2.42. The van der Waals surface area contributed by atoms with Gasteiger partial charge in [-0.2, -0.15) is 5.26 Å². The fourth-order valence-electron chi connectivity index (χ4n) is 2.79. The zero-order valence-electron chi connectivity index (χ0n) is 12.2. The van der Waals surface area contributed by atoms with Gasteiger partial charge in [-0.15, -0.1) is 0 Å². The van der Waals surface area contributed by atoms with E-state index in [0.717, 1.165) is 31.9 Å². The average molecular weight is 274 g/mol. The van der Waals surface area contributed by atoms with E-state index < -0.39 is 0 Å². The maximum Gasteiger partial charge on any atom is 0.146 e. The minimum absolute atomic E-state index is 0.305. The highest BCUT2D eigenvalue weighted by molar-refractivity contribution is 5.53. The third kappa shape index (κ3) is 3.27. The standard InChI is InChI=1S/C15H22N4O/c1-3-14-11-19(8-7-18(14)10-12(2)20)15-13(9-16)5-4-6-17-15/h4-6,12,14,20H,3,7-8,10-11H2,1-2H3/t12-,14+/m0/s1. The molecule has 0 aromatic carbocycles. The van der Waals surface area contributed by atoms with Crippen LogP contribution < -0.4 is 4.90 Å². The first-order chi connectivity index (χ1) is 9.65. The van der Waals surface area contributed by atoms with Gasteiger partial charge in [0.15, 0.2) is 0 Å². The molecule has 1 aromatic rings. The molecule has 0 spiro atoms.